The molecular formula is C18H21IN4O2S. The molecular weight excluding hydrogens is 463 g/mol. The third kappa shape index (κ3) is 3.86. The fourth-order valence-electron chi connectivity index (χ4n) is 2.96. The molecule has 8 heteroatoms. The standard InChI is InChI=1S/C18H21IN4O2S/c1-11(2)8-13(9-24)20-18(25)16-15(12-5-7-26-10-12)21-17-14(22-19)4-3-6-23(16)17/h3-7,10-11,13,22,24H,8-9H2,1-2H3,(H,20,25)/t13-/m0/s1. The number of carbonyl (C=O) groups is 1. The molecule has 0 aliphatic rings. The van der Waals surface area contributed by atoms with Crippen LogP contribution >= 0.6 is 34.2 Å². The van der Waals surface area contributed by atoms with Gasteiger partial charge in [0.1, 0.15) is 11.4 Å². The Kier molecular flexibility index (Phi) is 6.15. The molecule has 0 saturated carbocycles. The van der Waals surface area contributed by atoms with Gasteiger partial charge in [-0.25, -0.2) is 4.98 Å². The second kappa shape index (κ2) is 8.36. The highest BCUT2D eigenvalue weighted by Crippen LogP contribution is 2.29. The van der Waals surface area contributed by atoms with E-state index in [-0.39, 0.29) is 18.6 Å². The summed E-state index contributed by atoms with van der Waals surface area (Å²) >= 11 is 3.62. The molecule has 1 atom stereocenters. The van der Waals surface area contributed by atoms with E-state index in [2.05, 4.69) is 45.6 Å². The van der Waals surface area contributed by atoms with Gasteiger partial charge in [-0.2, -0.15) is 11.3 Å². The first-order valence-electron chi connectivity index (χ1n) is 8.37. The Morgan fingerprint density at radius 2 is 2.23 bits per heavy atom. The van der Waals surface area contributed by atoms with E-state index in [1.54, 1.807) is 15.7 Å². The summed E-state index contributed by atoms with van der Waals surface area (Å²) in [5.74, 6) is 0.143. The van der Waals surface area contributed by atoms with Gasteiger partial charge in [-0.05, 0) is 35.9 Å². The van der Waals surface area contributed by atoms with Crippen molar-refractivity contribution in [1.29, 1.82) is 0 Å². The van der Waals surface area contributed by atoms with Crippen LogP contribution in [0.5, 0.6) is 0 Å². The maximum Gasteiger partial charge on any atom is 0.270 e. The summed E-state index contributed by atoms with van der Waals surface area (Å²) in [6, 6.07) is 5.47. The SMILES string of the molecule is CC(C)C[C@@H](CO)NC(=O)c1c(-c2ccsc2)nc2c(NI)cccn12. The Balaban J connectivity index is 2.08. The quantitative estimate of drug-likeness (QED) is 0.351. The van der Waals surface area contributed by atoms with Crippen molar-refractivity contribution < 1.29 is 9.90 Å². The maximum absolute atomic E-state index is 13.1. The zero-order valence-electron chi connectivity index (χ0n) is 14.6. The van der Waals surface area contributed by atoms with E-state index in [4.69, 9.17) is 4.98 Å². The van der Waals surface area contributed by atoms with Gasteiger partial charge in [-0.3, -0.25) is 9.20 Å². The lowest BCUT2D eigenvalue weighted by atomic mass is 10.0. The molecule has 26 heavy (non-hydrogen) atoms. The van der Waals surface area contributed by atoms with Gasteiger partial charge in [0.25, 0.3) is 5.91 Å². The van der Waals surface area contributed by atoms with Crippen molar-refractivity contribution >= 4 is 51.4 Å². The molecule has 0 unspecified atom stereocenters. The molecule has 3 aromatic rings. The summed E-state index contributed by atoms with van der Waals surface area (Å²) in [5.41, 5.74) is 3.56. The lowest BCUT2D eigenvalue weighted by Crippen LogP contribution is -2.39. The van der Waals surface area contributed by atoms with E-state index in [0.29, 0.717) is 29.4 Å². The number of rotatable bonds is 7. The number of anilines is 1. The van der Waals surface area contributed by atoms with Crippen molar-refractivity contribution in [2.45, 2.75) is 26.3 Å². The molecule has 3 N–H and O–H groups in total. The summed E-state index contributed by atoms with van der Waals surface area (Å²) in [6.45, 7) is 4.05. The predicted molar refractivity (Wildman–Crippen MR) is 114 cm³/mol. The Bertz CT molecular complexity index is 892. The summed E-state index contributed by atoms with van der Waals surface area (Å²) in [7, 11) is 0. The first-order chi connectivity index (χ1) is 12.5. The van der Waals surface area contributed by atoms with Crippen molar-refractivity contribution in [2.24, 2.45) is 5.92 Å². The smallest absolute Gasteiger partial charge is 0.270 e. The normalized spacial score (nSPS) is 12.5. The Hall–Kier alpha value is -1.65. The summed E-state index contributed by atoms with van der Waals surface area (Å²) in [6.07, 6.45) is 2.55. The molecule has 0 saturated heterocycles. The monoisotopic (exact) mass is 484 g/mol. The van der Waals surface area contributed by atoms with Crippen LogP contribution in [0.15, 0.2) is 35.2 Å². The van der Waals surface area contributed by atoms with Crippen LogP contribution < -0.4 is 8.85 Å². The number of carbonyl (C=O) groups excluding carboxylic acids is 1. The predicted octanol–water partition coefficient (Wildman–Crippen LogP) is 3.96. The van der Waals surface area contributed by atoms with Crippen LogP contribution in [0.1, 0.15) is 30.8 Å². The van der Waals surface area contributed by atoms with E-state index in [0.717, 1.165) is 11.3 Å². The van der Waals surface area contributed by atoms with Gasteiger partial charge in [-0.1, -0.05) is 13.8 Å². The van der Waals surface area contributed by atoms with Crippen LogP contribution in [0.25, 0.3) is 16.9 Å². The van der Waals surface area contributed by atoms with Crippen LogP contribution in [0.3, 0.4) is 0 Å². The van der Waals surface area contributed by atoms with E-state index in [9.17, 15) is 9.90 Å². The van der Waals surface area contributed by atoms with Crippen LogP contribution in [0.4, 0.5) is 5.69 Å². The molecule has 3 aromatic heterocycles. The fraction of sp³-hybridized carbons (Fsp3) is 0.333. The maximum atomic E-state index is 13.1. The second-order valence-electron chi connectivity index (χ2n) is 6.51. The van der Waals surface area contributed by atoms with Crippen LogP contribution in [0, 0.1) is 5.92 Å². The summed E-state index contributed by atoms with van der Waals surface area (Å²) in [5, 5.41) is 16.5. The zero-order chi connectivity index (χ0) is 18.7. The van der Waals surface area contributed by atoms with E-state index < -0.39 is 0 Å². The number of halogens is 1. The number of hydrogen-bond donors (Lipinski definition) is 3. The number of nitrogens with zero attached hydrogens (tertiary/aromatic N) is 2. The number of amides is 1. The average molecular weight is 484 g/mol. The van der Waals surface area contributed by atoms with Gasteiger partial charge in [-0.15, -0.1) is 0 Å². The van der Waals surface area contributed by atoms with Crippen molar-refractivity contribution in [3.05, 3.63) is 40.8 Å². The lowest BCUT2D eigenvalue weighted by molar-refractivity contribution is 0.0903. The molecule has 0 spiro atoms. The minimum atomic E-state index is -0.283. The second-order valence-corrected chi connectivity index (χ2v) is 7.83. The highest BCUT2D eigenvalue weighted by atomic mass is 127. The average Bonchev–Trinajstić information content (AvgIpc) is 3.27. The van der Waals surface area contributed by atoms with Gasteiger partial charge >= 0.3 is 0 Å². The molecule has 1 amide bonds. The number of nitrogens with one attached hydrogen (secondary N) is 2. The molecule has 138 valence electrons. The largest absolute Gasteiger partial charge is 0.394 e. The van der Waals surface area contributed by atoms with E-state index in [1.165, 1.54) is 0 Å². The first-order valence-corrected chi connectivity index (χ1v) is 10.4. The molecule has 0 aromatic carbocycles. The Morgan fingerprint density at radius 1 is 1.42 bits per heavy atom. The topological polar surface area (TPSA) is 78.7 Å². The van der Waals surface area contributed by atoms with Crippen molar-refractivity contribution in [1.82, 2.24) is 14.7 Å². The van der Waals surface area contributed by atoms with Crippen LogP contribution in [0.2, 0.25) is 0 Å². The number of thiophene rings is 1. The molecule has 3 heterocycles. The third-order valence-electron chi connectivity index (χ3n) is 4.07. The summed E-state index contributed by atoms with van der Waals surface area (Å²) < 4.78 is 4.89. The highest BCUT2D eigenvalue weighted by molar-refractivity contribution is 14.1. The van der Waals surface area contributed by atoms with Gasteiger partial charge in [0, 0.05) is 17.1 Å². The van der Waals surface area contributed by atoms with Gasteiger partial charge < -0.3 is 14.0 Å². The molecule has 0 radical (unpaired) electrons. The fourth-order valence-corrected chi connectivity index (χ4v) is 4.02. The number of hydrogen-bond acceptors (Lipinski definition) is 5. The van der Waals surface area contributed by atoms with Gasteiger partial charge in [0.05, 0.1) is 41.2 Å². The van der Waals surface area contributed by atoms with Crippen molar-refractivity contribution in [2.75, 3.05) is 10.1 Å². The minimum absolute atomic E-state index is 0.0883. The van der Waals surface area contributed by atoms with Gasteiger partial charge in [0.15, 0.2) is 5.65 Å². The molecule has 0 bridgehead atoms. The molecule has 3 rings (SSSR count). The zero-order valence-corrected chi connectivity index (χ0v) is 17.5. The Morgan fingerprint density at radius 3 is 2.85 bits per heavy atom. The van der Waals surface area contributed by atoms with Crippen LogP contribution in [-0.4, -0.2) is 33.0 Å². The van der Waals surface area contributed by atoms with Gasteiger partial charge in [0.2, 0.25) is 0 Å². The third-order valence-corrected chi connectivity index (χ3v) is 5.34. The van der Waals surface area contributed by atoms with Crippen molar-refractivity contribution in [3.8, 4) is 11.3 Å². The number of pyridine rings is 1. The molecule has 6 nitrogen and oxygen atoms in total. The first kappa shape index (κ1) is 19.1. The summed E-state index contributed by atoms with van der Waals surface area (Å²) in [4.78, 5) is 17.8. The molecule has 0 aliphatic heterocycles. The van der Waals surface area contributed by atoms with E-state index >= 15 is 0 Å². The molecule has 0 fully saturated rings. The van der Waals surface area contributed by atoms with Crippen molar-refractivity contribution in [3.63, 3.8) is 0 Å². The molecule has 0 aliphatic carbocycles. The Labute approximate surface area is 170 Å². The number of aliphatic hydroxyl groups is 1. The number of aliphatic hydroxyl groups excluding tert-OH is 1. The number of aromatic nitrogens is 2. The van der Waals surface area contributed by atoms with Crippen LogP contribution in [-0.2, 0) is 0 Å². The number of fused-ring (bicyclic) bond motifs is 1. The minimum Gasteiger partial charge on any atom is -0.394 e. The number of imidazole rings is 1. The highest BCUT2D eigenvalue weighted by Gasteiger charge is 2.24. The lowest BCUT2D eigenvalue weighted by Gasteiger charge is -2.18. The van der Waals surface area contributed by atoms with E-state index in [1.807, 2.05) is 35.2 Å².